The summed E-state index contributed by atoms with van der Waals surface area (Å²) in [5.74, 6) is 0.309. The Kier molecular flexibility index (Phi) is 7.52. The van der Waals surface area contributed by atoms with Crippen LogP contribution in [-0.4, -0.2) is 48.5 Å². The lowest BCUT2D eigenvalue weighted by Crippen LogP contribution is -2.38. The molecule has 0 atom stereocenters. The Bertz CT molecular complexity index is 931. The molecule has 1 aliphatic heterocycles. The monoisotopic (exact) mass is 425 g/mol. The number of hydrogen-bond acceptors (Lipinski definition) is 4. The molecule has 2 aromatic carbocycles. The van der Waals surface area contributed by atoms with Crippen LogP contribution in [0.15, 0.2) is 53.4 Å². The van der Waals surface area contributed by atoms with E-state index in [0.717, 1.165) is 34.0 Å². The Balaban J connectivity index is 1.50. The van der Waals surface area contributed by atoms with Gasteiger partial charge in [-0.15, -0.1) is 11.8 Å². The average molecular weight is 426 g/mol. The second kappa shape index (κ2) is 10.3. The maximum Gasteiger partial charge on any atom is 0.243 e. The van der Waals surface area contributed by atoms with Crippen LogP contribution in [0.2, 0.25) is 0 Å². The molecule has 30 heavy (non-hydrogen) atoms. The van der Waals surface area contributed by atoms with Crippen molar-refractivity contribution >= 4 is 40.9 Å². The first-order valence-electron chi connectivity index (χ1n) is 10.1. The van der Waals surface area contributed by atoms with Gasteiger partial charge in [-0.2, -0.15) is 0 Å². The van der Waals surface area contributed by atoms with Crippen LogP contribution in [0.5, 0.6) is 0 Å². The third-order valence-electron chi connectivity index (χ3n) is 5.06. The van der Waals surface area contributed by atoms with E-state index in [9.17, 15) is 14.4 Å². The quantitative estimate of drug-likeness (QED) is 0.736. The van der Waals surface area contributed by atoms with E-state index in [2.05, 4.69) is 5.32 Å². The van der Waals surface area contributed by atoms with Gasteiger partial charge in [-0.25, -0.2) is 0 Å². The zero-order valence-corrected chi connectivity index (χ0v) is 18.2. The number of para-hydroxylation sites is 2. The first kappa shape index (κ1) is 21.9. The van der Waals surface area contributed by atoms with E-state index >= 15 is 0 Å². The SMILES string of the molecule is CCc1ccccc1NC(=O)CN(C)C(=O)CCC(=O)N1CCSc2ccccc21. The molecule has 0 spiro atoms. The van der Waals surface area contributed by atoms with Gasteiger partial charge >= 0.3 is 0 Å². The average Bonchev–Trinajstić information content (AvgIpc) is 2.77. The van der Waals surface area contributed by atoms with Crippen molar-refractivity contribution in [2.75, 3.05) is 36.1 Å². The van der Waals surface area contributed by atoms with E-state index in [0.29, 0.717) is 6.54 Å². The fourth-order valence-corrected chi connectivity index (χ4v) is 4.41. The number of benzene rings is 2. The molecule has 0 unspecified atom stereocenters. The lowest BCUT2D eigenvalue weighted by Gasteiger charge is -2.29. The molecule has 1 N–H and O–H groups in total. The summed E-state index contributed by atoms with van der Waals surface area (Å²) in [6.45, 7) is 2.62. The molecule has 0 radical (unpaired) electrons. The van der Waals surface area contributed by atoms with Crippen molar-refractivity contribution in [1.29, 1.82) is 0 Å². The molecular formula is C23H27N3O3S. The number of hydrogen-bond donors (Lipinski definition) is 1. The Morgan fingerprint density at radius 1 is 1.07 bits per heavy atom. The van der Waals surface area contributed by atoms with Crippen LogP contribution in [0.4, 0.5) is 11.4 Å². The summed E-state index contributed by atoms with van der Waals surface area (Å²) in [6, 6.07) is 15.4. The topological polar surface area (TPSA) is 69.7 Å². The van der Waals surface area contributed by atoms with Crippen LogP contribution in [0.3, 0.4) is 0 Å². The van der Waals surface area contributed by atoms with Gasteiger partial charge in [0.15, 0.2) is 0 Å². The van der Waals surface area contributed by atoms with Crippen molar-refractivity contribution in [3.63, 3.8) is 0 Å². The predicted octanol–water partition coefficient (Wildman–Crippen LogP) is 3.57. The zero-order chi connectivity index (χ0) is 21.5. The molecule has 158 valence electrons. The number of amides is 3. The molecule has 7 heteroatoms. The van der Waals surface area contributed by atoms with E-state index in [-0.39, 0.29) is 37.1 Å². The van der Waals surface area contributed by atoms with Gasteiger partial charge in [0.05, 0.1) is 12.2 Å². The number of aryl methyl sites for hydroxylation is 1. The number of rotatable bonds is 7. The van der Waals surface area contributed by atoms with Gasteiger partial charge in [0, 0.05) is 42.8 Å². The van der Waals surface area contributed by atoms with Gasteiger partial charge in [-0.05, 0) is 30.2 Å². The minimum Gasteiger partial charge on any atom is -0.336 e. The second-order valence-corrected chi connectivity index (χ2v) is 8.31. The third-order valence-corrected chi connectivity index (χ3v) is 6.10. The first-order valence-corrected chi connectivity index (χ1v) is 11.1. The number of nitrogens with zero attached hydrogens (tertiary/aromatic N) is 2. The molecule has 0 aliphatic carbocycles. The van der Waals surface area contributed by atoms with E-state index in [1.807, 2.05) is 55.5 Å². The van der Waals surface area contributed by atoms with Crippen LogP contribution in [0, 0.1) is 0 Å². The Labute approximate surface area is 181 Å². The predicted molar refractivity (Wildman–Crippen MR) is 121 cm³/mol. The van der Waals surface area contributed by atoms with Gasteiger partial charge < -0.3 is 15.1 Å². The second-order valence-electron chi connectivity index (χ2n) is 7.17. The highest BCUT2D eigenvalue weighted by Gasteiger charge is 2.23. The van der Waals surface area contributed by atoms with Crippen LogP contribution in [-0.2, 0) is 20.8 Å². The Morgan fingerprint density at radius 2 is 1.80 bits per heavy atom. The molecular weight excluding hydrogens is 398 g/mol. The van der Waals surface area contributed by atoms with Crippen molar-refractivity contribution in [3.05, 3.63) is 54.1 Å². The number of carbonyl (C=O) groups excluding carboxylic acids is 3. The number of fused-ring (bicyclic) bond motifs is 1. The van der Waals surface area contributed by atoms with Gasteiger partial charge in [0.2, 0.25) is 17.7 Å². The molecule has 3 rings (SSSR count). The lowest BCUT2D eigenvalue weighted by atomic mass is 10.1. The van der Waals surface area contributed by atoms with Gasteiger partial charge in [-0.1, -0.05) is 37.3 Å². The van der Waals surface area contributed by atoms with Crippen LogP contribution in [0.25, 0.3) is 0 Å². The number of nitrogens with one attached hydrogen (secondary N) is 1. The summed E-state index contributed by atoms with van der Waals surface area (Å²) >= 11 is 1.74. The summed E-state index contributed by atoms with van der Waals surface area (Å²) in [7, 11) is 1.59. The lowest BCUT2D eigenvalue weighted by molar-refractivity contribution is -0.134. The maximum atomic E-state index is 12.7. The fraction of sp³-hybridized carbons (Fsp3) is 0.348. The highest BCUT2D eigenvalue weighted by molar-refractivity contribution is 7.99. The third kappa shape index (κ3) is 5.42. The molecule has 0 fully saturated rings. The van der Waals surface area contributed by atoms with Crippen molar-refractivity contribution in [2.24, 2.45) is 0 Å². The minimum absolute atomic E-state index is 0.0474. The molecule has 6 nitrogen and oxygen atoms in total. The van der Waals surface area contributed by atoms with Crippen molar-refractivity contribution in [2.45, 2.75) is 31.1 Å². The molecule has 3 amide bonds. The number of likely N-dealkylation sites (N-methyl/N-ethyl adjacent to an activating group) is 1. The van der Waals surface area contributed by atoms with Crippen LogP contribution < -0.4 is 10.2 Å². The molecule has 0 bridgehead atoms. The summed E-state index contributed by atoms with van der Waals surface area (Å²) in [6.07, 6.45) is 1.02. The van der Waals surface area contributed by atoms with Crippen molar-refractivity contribution in [1.82, 2.24) is 4.90 Å². The first-order chi connectivity index (χ1) is 14.5. The van der Waals surface area contributed by atoms with E-state index in [1.165, 1.54) is 4.90 Å². The molecule has 0 aromatic heterocycles. The largest absolute Gasteiger partial charge is 0.336 e. The minimum atomic E-state index is -0.250. The smallest absolute Gasteiger partial charge is 0.243 e. The molecule has 0 saturated heterocycles. The highest BCUT2D eigenvalue weighted by Crippen LogP contribution is 2.34. The van der Waals surface area contributed by atoms with Crippen LogP contribution in [0.1, 0.15) is 25.3 Å². The van der Waals surface area contributed by atoms with E-state index < -0.39 is 0 Å². The Morgan fingerprint density at radius 3 is 2.60 bits per heavy atom. The van der Waals surface area contributed by atoms with Crippen LogP contribution >= 0.6 is 11.8 Å². The van der Waals surface area contributed by atoms with E-state index in [4.69, 9.17) is 0 Å². The summed E-state index contributed by atoms with van der Waals surface area (Å²) in [5, 5.41) is 2.86. The summed E-state index contributed by atoms with van der Waals surface area (Å²) < 4.78 is 0. The zero-order valence-electron chi connectivity index (χ0n) is 17.4. The highest BCUT2D eigenvalue weighted by atomic mass is 32.2. The number of thioether (sulfide) groups is 1. The Hall–Kier alpha value is -2.80. The van der Waals surface area contributed by atoms with Crippen molar-refractivity contribution in [3.8, 4) is 0 Å². The summed E-state index contributed by atoms with van der Waals surface area (Å²) in [4.78, 5) is 41.7. The van der Waals surface area contributed by atoms with Gasteiger partial charge in [0.25, 0.3) is 0 Å². The standard InChI is InChI=1S/C23H27N3O3S/c1-3-17-8-4-5-9-18(17)24-21(27)16-25(2)22(28)12-13-23(29)26-14-15-30-20-11-7-6-10-19(20)26/h4-11H,3,12-16H2,1-2H3,(H,24,27). The normalized spacial score (nSPS) is 12.8. The van der Waals surface area contributed by atoms with Gasteiger partial charge in [0.1, 0.15) is 0 Å². The number of anilines is 2. The van der Waals surface area contributed by atoms with Gasteiger partial charge in [-0.3, -0.25) is 14.4 Å². The molecule has 0 saturated carbocycles. The number of carbonyl (C=O) groups is 3. The maximum absolute atomic E-state index is 12.7. The molecule has 1 heterocycles. The van der Waals surface area contributed by atoms with E-state index in [1.54, 1.807) is 23.7 Å². The molecule has 2 aromatic rings. The summed E-state index contributed by atoms with van der Waals surface area (Å²) in [5.41, 5.74) is 2.72. The van der Waals surface area contributed by atoms with Crippen molar-refractivity contribution < 1.29 is 14.4 Å². The fourth-order valence-electron chi connectivity index (χ4n) is 3.41. The molecule has 1 aliphatic rings.